The van der Waals surface area contributed by atoms with Crippen LogP contribution in [0.1, 0.15) is 0 Å². The molecule has 0 bridgehead atoms. The van der Waals surface area contributed by atoms with E-state index in [4.69, 9.17) is 4.42 Å². The lowest BCUT2D eigenvalue weighted by Crippen LogP contribution is -2.25. The molecule has 0 amide bonds. The van der Waals surface area contributed by atoms with Crippen molar-refractivity contribution in [3.05, 3.63) is 102 Å². The van der Waals surface area contributed by atoms with Crippen LogP contribution in [0.15, 0.2) is 106 Å². The van der Waals surface area contributed by atoms with E-state index >= 15 is 0 Å². The van der Waals surface area contributed by atoms with E-state index in [1.54, 1.807) is 0 Å². The van der Waals surface area contributed by atoms with Crippen LogP contribution in [0.4, 0.5) is 0 Å². The minimum absolute atomic E-state index is 0.687. The van der Waals surface area contributed by atoms with Gasteiger partial charge in [0.05, 0.1) is 5.30 Å². The van der Waals surface area contributed by atoms with E-state index in [0.29, 0.717) is 5.58 Å². The molecule has 2 nitrogen and oxygen atoms in total. The van der Waals surface area contributed by atoms with Gasteiger partial charge < -0.3 is 8.98 Å². The Morgan fingerprint density at radius 1 is 0.679 bits per heavy atom. The molecule has 0 aliphatic heterocycles. The zero-order valence-electron chi connectivity index (χ0n) is 14.9. The Bertz CT molecular complexity index is 1300. The lowest BCUT2D eigenvalue weighted by atomic mass is 10.1. The first kappa shape index (κ1) is 17.5. The Hall–Kier alpha value is -2.61. The molecule has 0 unspecified atom stereocenters. The number of halogens is 1. The minimum atomic E-state index is -3.09. The fourth-order valence-corrected chi connectivity index (χ4v) is 6.85. The van der Waals surface area contributed by atoms with E-state index in [0.717, 1.165) is 36.7 Å². The summed E-state index contributed by atoms with van der Waals surface area (Å²) in [6, 6.07) is 31.2. The molecule has 0 aliphatic carbocycles. The smallest absolute Gasteiger partial charge is 0.174 e. The second kappa shape index (κ2) is 6.77. The van der Waals surface area contributed by atoms with Crippen LogP contribution >= 0.6 is 23.1 Å². The molecule has 136 valence electrons. The van der Waals surface area contributed by atoms with Gasteiger partial charge in [-0.2, -0.15) is 0 Å². The van der Waals surface area contributed by atoms with Crippen molar-refractivity contribution in [2.45, 2.75) is 0 Å². The number of para-hydroxylation sites is 1. The number of benzene rings is 4. The van der Waals surface area contributed by atoms with Crippen LogP contribution in [0, 0.1) is 0 Å². The van der Waals surface area contributed by atoms with Crippen LogP contribution in [0.2, 0.25) is 0 Å². The molecule has 0 saturated carbocycles. The molecule has 0 aliphatic rings. The number of rotatable bonds is 3. The molecule has 0 spiro atoms. The quantitative estimate of drug-likeness (QED) is 0.318. The molecular weight excluding hydrogens is 431 g/mol. The van der Waals surface area contributed by atoms with Gasteiger partial charge in [0.2, 0.25) is 0 Å². The third-order valence-electron chi connectivity index (χ3n) is 5.02. The predicted molar refractivity (Wildman–Crippen MR) is 121 cm³/mol. The predicted octanol–water partition coefficient (Wildman–Crippen LogP) is 5.99. The first-order valence-corrected chi connectivity index (χ1v) is 11.5. The molecule has 0 N–H and O–H groups in total. The molecule has 1 aromatic heterocycles. The summed E-state index contributed by atoms with van der Waals surface area (Å²) < 4.78 is 21.9. The van der Waals surface area contributed by atoms with Gasteiger partial charge in [0.25, 0.3) is 0 Å². The lowest BCUT2D eigenvalue weighted by Gasteiger charge is -2.20. The number of fused-ring (bicyclic) bond motifs is 3. The summed E-state index contributed by atoms with van der Waals surface area (Å²) in [6.07, 6.45) is 0. The summed E-state index contributed by atoms with van der Waals surface area (Å²) in [5, 5.41) is 4.32. The first-order valence-electron chi connectivity index (χ1n) is 9.00. The average molecular weight is 447 g/mol. The van der Waals surface area contributed by atoms with Crippen molar-refractivity contribution in [3.63, 3.8) is 0 Å². The molecule has 5 aromatic rings. The summed E-state index contributed by atoms with van der Waals surface area (Å²) >= 11 is 3.54. The Kier molecular flexibility index (Phi) is 4.23. The van der Waals surface area contributed by atoms with Crippen molar-refractivity contribution in [1.29, 1.82) is 0 Å². The molecule has 4 heteroatoms. The second-order valence-electron chi connectivity index (χ2n) is 6.68. The highest BCUT2D eigenvalue weighted by Gasteiger charge is 2.32. The maximum atomic E-state index is 14.7. The van der Waals surface area contributed by atoms with Crippen LogP contribution < -0.4 is 15.9 Å². The van der Waals surface area contributed by atoms with Crippen molar-refractivity contribution >= 4 is 60.9 Å². The summed E-state index contributed by atoms with van der Waals surface area (Å²) in [7, 11) is -3.09. The van der Waals surface area contributed by atoms with Crippen LogP contribution in [0.5, 0.6) is 0 Å². The molecule has 0 saturated heterocycles. The van der Waals surface area contributed by atoms with E-state index in [1.807, 2.05) is 97.1 Å². The standard InChI is InChI=1S/C24H16BrO2P/c25-17-14-15-22-21(16-17)20-12-7-13-23(24(20)27-22)28(26,18-8-3-1-4-9-18)19-10-5-2-6-11-19/h1-16H. The molecule has 5 rings (SSSR count). The topological polar surface area (TPSA) is 30.2 Å². The third kappa shape index (κ3) is 2.66. The Balaban J connectivity index is 1.90. The molecule has 1 heterocycles. The van der Waals surface area contributed by atoms with Gasteiger partial charge >= 0.3 is 0 Å². The highest BCUT2D eigenvalue weighted by Crippen LogP contribution is 2.45. The summed E-state index contributed by atoms with van der Waals surface area (Å²) in [5.74, 6) is 0. The Morgan fingerprint density at radius 3 is 1.96 bits per heavy atom. The third-order valence-corrected chi connectivity index (χ3v) is 8.59. The van der Waals surface area contributed by atoms with Crippen LogP contribution in [0.25, 0.3) is 21.9 Å². The van der Waals surface area contributed by atoms with Gasteiger partial charge in [-0.05, 0) is 24.3 Å². The van der Waals surface area contributed by atoms with Gasteiger partial charge in [-0.1, -0.05) is 88.7 Å². The van der Waals surface area contributed by atoms with Gasteiger partial charge in [0, 0.05) is 25.9 Å². The minimum Gasteiger partial charge on any atom is -0.455 e. The van der Waals surface area contributed by atoms with Gasteiger partial charge in [0.1, 0.15) is 11.2 Å². The summed E-state index contributed by atoms with van der Waals surface area (Å²) in [4.78, 5) is 0. The van der Waals surface area contributed by atoms with Crippen molar-refractivity contribution in [3.8, 4) is 0 Å². The first-order chi connectivity index (χ1) is 13.7. The maximum Gasteiger partial charge on any atom is 0.174 e. The van der Waals surface area contributed by atoms with Crippen molar-refractivity contribution in [1.82, 2.24) is 0 Å². The van der Waals surface area contributed by atoms with E-state index in [9.17, 15) is 4.57 Å². The van der Waals surface area contributed by atoms with Gasteiger partial charge in [-0.25, -0.2) is 0 Å². The molecular formula is C24H16BrO2P. The van der Waals surface area contributed by atoms with Gasteiger partial charge in [-0.3, -0.25) is 0 Å². The normalized spacial score (nSPS) is 11.9. The van der Waals surface area contributed by atoms with Crippen LogP contribution in [-0.2, 0) is 4.57 Å². The van der Waals surface area contributed by atoms with Gasteiger partial charge in [0.15, 0.2) is 7.14 Å². The van der Waals surface area contributed by atoms with E-state index in [1.165, 1.54) is 0 Å². The number of hydrogen-bond donors (Lipinski definition) is 0. The van der Waals surface area contributed by atoms with Crippen LogP contribution in [-0.4, -0.2) is 0 Å². The zero-order valence-corrected chi connectivity index (χ0v) is 17.4. The zero-order chi connectivity index (χ0) is 19.1. The lowest BCUT2D eigenvalue weighted by molar-refractivity contribution is 0.592. The fraction of sp³-hybridized carbons (Fsp3) is 0. The molecule has 0 fully saturated rings. The van der Waals surface area contributed by atoms with E-state index < -0.39 is 7.14 Å². The SMILES string of the molecule is O=P(c1ccccc1)(c1ccccc1)c1cccc2c1oc1ccc(Br)cc12. The van der Waals surface area contributed by atoms with Crippen molar-refractivity contribution < 1.29 is 8.98 Å². The Labute approximate surface area is 171 Å². The molecule has 28 heavy (non-hydrogen) atoms. The number of hydrogen-bond acceptors (Lipinski definition) is 2. The second-order valence-corrected chi connectivity index (χ2v) is 10.3. The highest BCUT2D eigenvalue weighted by molar-refractivity contribution is 9.10. The van der Waals surface area contributed by atoms with Crippen LogP contribution in [0.3, 0.4) is 0 Å². The monoisotopic (exact) mass is 446 g/mol. The van der Waals surface area contributed by atoms with Crippen molar-refractivity contribution in [2.24, 2.45) is 0 Å². The molecule has 0 radical (unpaired) electrons. The largest absolute Gasteiger partial charge is 0.455 e. The Morgan fingerprint density at radius 2 is 1.32 bits per heavy atom. The molecule has 4 aromatic carbocycles. The average Bonchev–Trinajstić information content (AvgIpc) is 3.12. The van der Waals surface area contributed by atoms with Crippen molar-refractivity contribution in [2.75, 3.05) is 0 Å². The highest BCUT2D eigenvalue weighted by atomic mass is 79.9. The number of furan rings is 1. The molecule has 0 atom stereocenters. The summed E-state index contributed by atoms with van der Waals surface area (Å²) in [6.45, 7) is 0. The fourth-order valence-electron chi connectivity index (χ4n) is 3.71. The summed E-state index contributed by atoms with van der Waals surface area (Å²) in [5.41, 5.74) is 1.48. The van der Waals surface area contributed by atoms with E-state index in [-0.39, 0.29) is 0 Å². The van der Waals surface area contributed by atoms with Gasteiger partial charge in [-0.15, -0.1) is 0 Å². The maximum absolute atomic E-state index is 14.7. The van der Waals surface area contributed by atoms with E-state index in [2.05, 4.69) is 15.9 Å².